The number of anilines is 1. The number of amidine groups is 1. The fourth-order valence-corrected chi connectivity index (χ4v) is 3.39. The van der Waals surface area contributed by atoms with Crippen LogP contribution in [0.5, 0.6) is 11.5 Å². The summed E-state index contributed by atoms with van der Waals surface area (Å²) in [5.74, 6) is 1.10. The van der Waals surface area contributed by atoms with Crippen molar-refractivity contribution in [1.82, 2.24) is 4.98 Å². The number of para-hydroxylation sites is 4. The highest BCUT2D eigenvalue weighted by Crippen LogP contribution is 2.28. The summed E-state index contributed by atoms with van der Waals surface area (Å²) in [6, 6.07) is 24.5. The van der Waals surface area contributed by atoms with E-state index in [2.05, 4.69) is 15.3 Å². The Kier molecular flexibility index (Phi) is 4.98. The summed E-state index contributed by atoms with van der Waals surface area (Å²) in [5.41, 5.74) is 1.82. The van der Waals surface area contributed by atoms with E-state index in [0.717, 1.165) is 15.9 Å². The number of phenols is 1. The van der Waals surface area contributed by atoms with Crippen molar-refractivity contribution in [1.29, 1.82) is 0 Å². The lowest BCUT2D eigenvalue weighted by Gasteiger charge is -2.12. The van der Waals surface area contributed by atoms with Crippen LogP contribution < -0.4 is 10.1 Å². The molecule has 5 nitrogen and oxygen atoms in total. The van der Waals surface area contributed by atoms with E-state index < -0.39 is 0 Å². The normalized spacial score (nSPS) is 11.5. The average molecular weight is 375 g/mol. The number of fused-ring (bicyclic) bond motifs is 1. The van der Waals surface area contributed by atoms with Gasteiger partial charge in [0.2, 0.25) is 5.13 Å². The van der Waals surface area contributed by atoms with E-state index in [9.17, 15) is 5.11 Å². The Hall–Kier alpha value is -3.38. The Balaban J connectivity index is 1.61. The molecule has 0 aliphatic carbocycles. The standard InChI is InChI=1S/C21H17N3O2S/c25-17-11-5-6-12-18(17)26-14-20(22-15-8-2-1-3-9-15)24-21-23-16-10-4-7-13-19(16)27-21/h1-13,25H,14H2,(H,22,23,24). The molecule has 0 radical (unpaired) electrons. The fourth-order valence-electron chi connectivity index (χ4n) is 2.53. The maximum Gasteiger partial charge on any atom is 0.212 e. The molecule has 0 atom stereocenters. The van der Waals surface area contributed by atoms with Gasteiger partial charge in [0.25, 0.3) is 0 Å². The highest BCUT2D eigenvalue weighted by Gasteiger charge is 2.08. The zero-order valence-electron chi connectivity index (χ0n) is 14.4. The molecule has 0 bridgehead atoms. The summed E-state index contributed by atoms with van der Waals surface area (Å²) in [6.07, 6.45) is 0. The molecule has 0 aliphatic heterocycles. The minimum absolute atomic E-state index is 0.0940. The monoisotopic (exact) mass is 375 g/mol. The number of aromatic hydroxyl groups is 1. The number of nitrogens with one attached hydrogen (secondary N) is 1. The van der Waals surface area contributed by atoms with Gasteiger partial charge in [-0.25, -0.2) is 9.98 Å². The van der Waals surface area contributed by atoms with Gasteiger partial charge in [0.05, 0.1) is 10.2 Å². The number of ether oxygens (including phenoxy) is 1. The second-order valence-electron chi connectivity index (χ2n) is 5.77. The van der Waals surface area contributed by atoms with Crippen LogP contribution in [0.2, 0.25) is 0 Å². The van der Waals surface area contributed by atoms with Crippen LogP contribution in [-0.4, -0.2) is 22.5 Å². The molecule has 0 fully saturated rings. The van der Waals surface area contributed by atoms with E-state index in [4.69, 9.17) is 4.74 Å². The van der Waals surface area contributed by atoms with Gasteiger partial charge in [-0.15, -0.1) is 0 Å². The fraction of sp³-hybridized carbons (Fsp3) is 0.0476. The van der Waals surface area contributed by atoms with Crippen LogP contribution in [0.4, 0.5) is 10.8 Å². The summed E-state index contributed by atoms with van der Waals surface area (Å²) < 4.78 is 6.83. The first-order valence-corrected chi connectivity index (χ1v) is 9.25. The third-order valence-corrected chi connectivity index (χ3v) is 4.74. The van der Waals surface area contributed by atoms with Crippen LogP contribution >= 0.6 is 11.3 Å². The predicted octanol–water partition coefficient (Wildman–Crippen LogP) is 5.22. The molecule has 0 saturated heterocycles. The van der Waals surface area contributed by atoms with Crippen molar-refractivity contribution < 1.29 is 9.84 Å². The van der Waals surface area contributed by atoms with E-state index >= 15 is 0 Å². The summed E-state index contributed by atoms with van der Waals surface area (Å²) in [5, 5.41) is 13.8. The number of aromatic nitrogens is 1. The molecule has 0 aliphatic rings. The molecule has 0 saturated carbocycles. The van der Waals surface area contributed by atoms with Gasteiger partial charge in [0.15, 0.2) is 11.5 Å². The third-order valence-electron chi connectivity index (χ3n) is 3.81. The van der Waals surface area contributed by atoms with Gasteiger partial charge >= 0.3 is 0 Å². The van der Waals surface area contributed by atoms with Crippen LogP contribution in [0.25, 0.3) is 10.2 Å². The second-order valence-corrected chi connectivity index (χ2v) is 6.78. The average Bonchev–Trinajstić information content (AvgIpc) is 3.10. The highest BCUT2D eigenvalue weighted by atomic mass is 32.1. The molecule has 134 valence electrons. The van der Waals surface area contributed by atoms with Crippen molar-refractivity contribution in [3.63, 3.8) is 0 Å². The van der Waals surface area contributed by atoms with Crippen molar-refractivity contribution >= 4 is 38.2 Å². The van der Waals surface area contributed by atoms with Gasteiger partial charge in [0.1, 0.15) is 12.4 Å². The molecule has 1 aromatic heterocycles. The van der Waals surface area contributed by atoms with Gasteiger partial charge in [-0.1, -0.05) is 53.8 Å². The van der Waals surface area contributed by atoms with Crippen LogP contribution in [0.15, 0.2) is 83.9 Å². The van der Waals surface area contributed by atoms with E-state index in [-0.39, 0.29) is 12.4 Å². The van der Waals surface area contributed by atoms with E-state index in [1.165, 1.54) is 11.3 Å². The number of phenolic OH excluding ortho intramolecular Hbond substituents is 1. The SMILES string of the molecule is Oc1ccccc1OC/C(=N\c1nc2ccccc2s1)Nc1ccccc1. The maximum atomic E-state index is 9.90. The van der Waals surface area contributed by atoms with Crippen molar-refractivity contribution in [3.8, 4) is 11.5 Å². The third kappa shape index (κ3) is 4.24. The molecule has 2 N–H and O–H groups in total. The summed E-state index contributed by atoms with van der Waals surface area (Å²) in [4.78, 5) is 9.19. The zero-order chi connectivity index (χ0) is 18.5. The summed E-state index contributed by atoms with van der Waals surface area (Å²) in [7, 11) is 0. The van der Waals surface area contributed by atoms with Crippen molar-refractivity contribution in [2.45, 2.75) is 0 Å². The molecule has 4 aromatic rings. The number of thiazole rings is 1. The first-order chi connectivity index (χ1) is 13.3. The van der Waals surface area contributed by atoms with Crippen LogP contribution in [-0.2, 0) is 0 Å². The minimum atomic E-state index is 0.0940. The predicted molar refractivity (Wildman–Crippen MR) is 110 cm³/mol. The zero-order valence-corrected chi connectivity index (χ0v) is 15.2. The Bertz CT molecular complexity index is 1040. The second kappa shape index (κ2) is 7.88. The Morgan fingerprint density at radius 2 is 1.70 bits per heavy atom. The molecule has 0 amide bonds. The molecule has 0 spiro atoms. The number of rotatable bonds is 5. The molecule has 3 aromatic carbocycles. The van der Waals surface area contributed by atoms with Gasteiger partial charge in [-0.05, 0) is 36.4 Å². The van der Waals surface area contributed by atoms with Crippen molar-refractivity contribution in [3.05, 3.63) is 78.9 Å². The van der Waals surface area contributed by atoms with Gasteiger partial charge in [0, 0.05) is 5.69 Å². The number of aliphatic imine (C=N–C) groups is 1. The van der Waals surface area contributed by atoms with Gasteiger partial charge in [-0.2, -0.15) is 0 Å². The maximum absolute atomic E-state index is 9.90. The molecule has 27 heavy (non-hydrogen) atoms. The lowest BCUT2D eigenvalue weighted by atomic mass is 10.3. The quantitative estimate of drug-likeness (QED) is 0.371. The first-order valence-electron chi connectivity index (χ1n) is 8.44. The summed E-state index contributed by atoms with van der Waals surface area (Å²) >= 11 is 1.52. The Morgan fingerprint density at radius 1 is 0.963 bits per heavy atom. The van der Waals surface area contributed by atoms with Crippen molar-refractivity contribution in [2.75, 3.05) is 11.9 Å². The van der Waals surface area contributed by atoms with E-state index in [1.54, 1.807) is 18.2 Å². The Labute approximate surface area is 160 Å². The highest BCUT2D eigenvalue weighted by molar-refractivity contribution is 7.22. The first kappa shape index (κ1) is 17.1. The summed E-state index contributed by atoms with van der Waals surface area (Å²) in [6.45, 7) is 0.169. The largest absolute Gasteiger partial charge is 0.504 e. The molecule has 6 heteroatoms. The molecule has 1 heterocycles. The molecular formula is C21H17N3O2S. The lowest BCUT2D eigenvalue weighted by molar-refractivity contribution is 0.346. The minimum Gasteiger partial charge on any atom is -0.504 e. The number of nitrogens with zero attached hydrogens (tertiary/aromatic N) is 2. The smallest absolute Gasteiger partial charge is 0.212 e. The van der Waals surface area contributed by atoms with Crippen molar-refractivity contribution in [2.24, 2.45) is 4.99 Å². The van der Waals surface area contributed by atoms with E-state index in [0.29, 0.717) is 16.7 Å². The van der Waals surface area contributed by atoms with E-state index in [1.807, 2.05) is 60.7 Å². The topological polar surface area (TPSA) is 66.7 Å². The van der Waals surface area contributed by atoms with Crippen LogP contribution in [0.3, 0.4) is 0 Å². The van der Waals surface area contributed by atoms with Crippen LogP contribution in [0.1, 0.15) is 0 Å². The van der Waals surface area contributed by atoms with Gasteiger partial charge in [-0.3, -0.25) is 0 Å². The molecule has 0 unspecified atom stereocenters. The van der Waals surface area contributed by atoms with Gasteiger partial charge < -0.3 is 15.2 Å². The number of benzene rings is 3. The van der Waals surface area contributed by atoms with Crippen LogP contribution in [0, 0.1) is 0 Å². The lowest BCUT2D eigenvalue weighted by Crippen LogP contribution is -2.20. The number of hydrogen-bond acceptors (Lipinski definition) is 5. The Morgan fingerprint density at radius 3 is 2.52 bits per heavy atom. The molecular weight excluding hydrogens is 358 g/mol. The number of hydrogen-bond donors (Lipinski definition) is 2. The molecule has 4 rings (SSSR count).